The molecule has 1 aliphatic rings. The van der Waals surface area contributed by atoms with Crippen LogP contribution in [0.1, 0.15) is 68.8 Å². The van der Waals surface area contributed by atoms with Gasteiger partial charge in [0.15, 0.2) is 5.78 Å². The Hall–Kier alpha value is -0.830. The van der Waals surface area contributed by atoms with E-state index in [4.69, 9.17) is 11.6 Å². The molecule has 1 aliphatic carbocycles. The fourth-order valence-electron chi connectivity index (χ4n) is 2.95. The van der Waals surface area contributed by atoms with E-state index in [2.05, 4.69) is 12.0 Å². The van der Waals surface area contributed by atoms with Gasteiger partial charge in [-0.25, -0.2) is 0 Å². The number of halogens is 1. The summed E-state index contributed by atoms with van der Waals surface area (Å²) in [5.41, 5.74) is 0.618. The van der Waals surface area contributed by atoms with Crippen LogP contribution in [0.25, 0.3) is 0 Å². The predicted octanol–water partition coefficient (Wildman–Crippen LogP) is 4.49. The van der Waals surface area contributed by atoms with Crippen LogP contribution in [0.4, 0.5) is 0 Å². The Kier molecular flexibility index (Phi) is 5.44. The molecule has 0 N–H and O–H groups in total. The lowest BCUT2D eigenvalue weighted by Crippen LogP contribution is -2.14. The van der Waals surface area contributed by atoms with Gasteiger partial charge >= 0.3 is 0 Å². The molecule has 1 aromatic heterocycles. The second-order valence-electron chi connectivity index (χ2n) is 5.55. The summed E-state index contributed by atoms with van der Waals surface area (Å²) in [6.07, 6.45) is 10.7. The van der Waals surface area contributed by atoms with Gasteiger partial charge in [0, 0.05) is 13.0 Å². The Labute approximate surface area is 120 Å². The Bertz CT molecular complexity index is 420. The van der Waals surface area contributed by atoms with Crippen LogP contribution in [0.2, 0.25) is 5.02 Å². The maximum atomic E-state index is 12.5. The van der Waals surface area contributed by atoms with Crippen molar-refractivity contribution in [2.24, 2.45) is 5.92 Å². The number of Topliss-reactive ketones (excluding diaryl/α,β-unsaturated/α-hetero) is 1. The van der Waals surface area contributed by atoms with Crippen LogP contribution in [0.15, 0.2) is 6.20 Å². The Morgan fingerprint density at radius 1 is 1.37 bits per heavy atom. The van der Waals surface area contributed by atoms with Crippen molar-refractivity contribution < 1.29 is 4.79 Å². The smallest absolute Gasteiger partial charge is 0.182 e. The van der Waals surface area contributed by atoms with Crippen molar-refractivity contribution in [1.82, 2.24) is 9.78 Å². The largest absolute Gasteiger partial charge is 0.292 e. The standard InChI is InChI=1S/C15H23ClN2O/c1-2-9-18-15(13(16)11-17-18)14(19)10-12-7-5-3-4-6-8-12/h11-12H,2-10H2,1H3. The van der Waals surface area contributed by atoms with Crippen molar-refractivity contribution in [1.29, 1.82) is 0 Å². The molecular formula is C15H23ClN2O. The third-order valence-electron chi connectivity index (χ3n) is 3.94. The van der Waals surface area contributed by atoms with E-state index in [0.29, 0.717) is 23.1 Å². The van der Waals surface area contributed by atoms with Gasteiger partial charge in [0.1, 0.15) is 5.69 Å². The number of nitrogens with zero attached hydrogens (tertiary/aromatic N) is 2. The van der Waals surface area contributed by atoms with E-state index in [1.165, 1.54) is 38.5 Å². The average Bonchev–Trinajstić information content (AvgIpc) is 2.61. The maximum absolute atomic E-state index is 12.5. The number of carbonyl (C=O) groups is 1. The highest BCUT2D eigenvalue weighted by Gasteiger charge is 2.22. The normalized spacial score (nSPS) is 17.4. The minimum Gasteiger partial charge on any atom is -0.292 e. The highest BCUT2D eigenvalue weighted by atomic mass is 35.5. The number of hydrogen-bond donors (Lipinski definition) is 0. The number of carbonyl (C=O) groups excluding carboxylic acids is 1. The molecule has 0 atom stereocenters. The van der Waals surface area contributed by atoms with E-state index >= 15 is 0 Å². The molecule has 0 unspecified atom stereocenters. The Morgan fingerprint density at radius 2 is 2.05 bits per heavy atom. The first-order chi connectivity index (χ1) is 9.22. The van der Waals surface area contributed by atoms with Crippen molar-refractivity contribution >= 4 is 17.4 Å². The van der Waals surface area contributed by atoms with Gasteiger partial charge in [-0.05, 0) is 12.3 Å². The quantitative estimate of drug-likeness (QED) is 0.589. The summed E-state index contributed by atoms with van der Waals surface area (Å²) in [5.74, 6) is 0.707. The molecule has 1 fully saturated rings. The minimum absolute atomic E-state index is 0.169. The van der Waals surface area contributed by atoms with Gasteiger partial charge in [-0.3, -0.25) is 9.48 Å². The lowest BCUT2D eigenvalue weighted by atomic mass is 9.93. The first-order valence-corrected chi connectivity index (χ1v) is 7.84. The molecule has 1 aromatic rings. The zero-order valence-corrected chi connectivity index (χ0v) is 12.5. The van der Waals surface area contributed by atoms with E-state index in [1.54, 1.807) is 10.9 Å². The minimum atomic E-state index is 0.169. The molecule has 1 saturated carbocycles. The number of ketones is 1. The Balaban J connectivity index is 2.04. The van der Waals surface area contributed by atoms with Crippen LogP contribution in [0, 0.1) is 5.92 Å². The van der Waals surface area contributed by atoms with Gasteiger partial charge in [-0.2, -0.15) is 5.10 Å². The summed E-state index contributed by atoms with van der Waals surface area (Å²) in [5, 5.41) is 4.71. The fraction of sp³-hybridized carbons (Fsp3) is 0.733. The number of aryl methyl sites for hydroxylation is 1. The van der Waals surface area contributed by atoms with Crippen LogP contribution in [0.3, 0.4) is 0 Å². The monoisotopic (exact) mass is 282 g/mol. The third-order valence-corrected chi connectivity index (χ3v) is 4.22. The number of hydrogen-bond acceptors (Lipinski definition) is 2. The molecule has 0 amide bonds. The zero-order valence-electron chi connectivity index (χ0n) is 11.7. The summed E-state index contributed by atoms with van der Waals surface area (Å²) in [4.78, 5) is 12.5. The van der Waals surface area contributed by atoms with Crippen molar-refractivity contribution in [3.63, 3.8) is 0 Å². The molecule has 19 heavy (non-hydrogen) atoms. The molecule has 2 rings (SSSR count). The molecule has 0 radical (unpaired) electrons. The van der Waals surface area contributed by atoms with Crippen molar-refractivity contribution in [3.05, 3.63) is 16.9 Å². The van der Waals surface area contributed by atoms with E-state index in [9.17, 15) is 4.79 Å². The molecule has 0 bridgehead atoms. The molecule has 1 heterocycles. The molecule has 106 valence electrons. The Morgan fingerprint density at radius 3 is 2.68 bits per heavy atom. The molecule has 3 nitrogen and oxygen atoms in total. The molecule has 4 heteroatoms. The van der Waals surface area contributed by atoms with Gasteiger partial charge in [0.25, 0.3) is 0 Å². The maximum Gasteiger partial charge on any atom is 0.182 e. The van der Waals surface area contributed by atoms with Gasteiger partial charge in [-0.1, -0.05) is 57.0 Å². The van der Waals surface area contributed by atoms with Crippen LogP contribution in [0.5, 0.6) is 0 Å². The summed E-state index contributed by atoms with van der Waals surface area (Å²) in [6, 6.07) is 0. The van der Waals surface area contributed by atoms with Crippen molar-refractivity contribution in [2.45, 2.75) is 64.8 Å². The molecule has 0 saturated heterocycles. The summed E-state index contributed by atoms with van der Waals surface area (Å²) >= 11 is 6.12. The summed E-state index contributed by atoms with van der Waals surface area (Å²) in [6.45, 7) is 2.84. The van der Waals surface area contributed by atoms with Gasteiger partial charge in [0.05, 0.1) is 11.2 Å². The van der Waals surface area contributed by atoms with Crippen LogP contribution in [-0.2, 0) is 6.54 Å². The van der Waals surface area contributed by atoms with Crippen molar-refractivity contribution in [3.8, 4) is 0 Å². The van der Waals surface area contributed by atoms with E-state index < -0.39 is 0 Å². The second-order valence-corrected chi connectivity index (χ2v) is 5.96. The van der Waals surface area contributed by atoms with E-state index in [0.717, 1.165) is 13.0 Å². The van der Waals surface area contributed by atoms with E-state index in [1.807, 2.05) is 0 Å². The zero-order chi connectivity index (χ0) is 13.7. The fourth-order valence-corrected chi connectivity index (χ4v) is 3.19. The lowest BCUT2D eigenvalue weighted by Gasteiger charge is -2.13. The van der Waals surface area contributed by atoms with Crippen molar-refractivity contribution in [2.75, 3.05) is 0 Å². The average molecular weight is 283 g/mol. The number of rotatable bonds is 5. The molecule has 0 spiro atoms. The predicted molar refractivity (Wildman–Crippen MR) is 77.7 cm³/mol. The molecule has 0 aliphatic heterocycles. The first-order valence-electron chi connectivity index (χ1n) is 7.47. The number of aromatic nitrogens is 2. The van der Waals surface area contributed by atoms with Gasteiger partial charge < -0.3 is 0 Å². The second kappa shape index (κ2) is 7.09. The van der Waals surface area contributed by atoms with Gasteiger partial charge in [-0.15, -0.1) is 0 Å². The lowest BCUT2D eigenvalue weighted by molar-refractivity contribution is 0.0946. The highest BCUT2D eigenvalue weighted by Crippen LogP contribution is 2.28. The first kappa shape index (κ1) is 14.6. The van der Waals surface area contributed by atoms with Crippen LogP contribution < -0.4 is 0 Å². The highest BCUT2D eigenvalue weighted by molar-refractivity contribution is 6.33. The van der Waals surface area contributed by atoms with Gasteiger partial charge in [0.2, 0.25) is 0 Å². The molecule has 0 aromatic carbocycles. The van der Waals surface area contributed by atoms with E-state index in [-0.39, 0.29) is 5.78 Å². The third kappa shape index (κ3) is 3.82. The van der Waals surface area contributed by atoms with Crippen LogP contribution in [-0.4, -0.2) is 15.6 Å². The SMILES string of the molecule is CCCn1ncc(Cl)c1C(=O)CC1CCCCCC1. The van der Waals surface area contributed by atoms with Crippen LogP contribution >= 0.6 is 11.6 Å². The summed E-state index contributed by atoms with van der Waals surface area (Å²) in [7, 11) is 0. The summed E-state index contributed by atoms with van der Waals surface area (Å²) < 4.78 is 1.77. The molecular weight excluding hydrogens is 260 g/mol. The topological polar surface area (TPSA) is 34.9 Å².